The Morgan fingerprint density at radius 1 is 1.35 bits per heavy atom. The first-order chi connectivity index (χ1) is 11.0. The van der Waals surface area contributed by atoms with E-state index < -0.39 is 0 Å². The normalized spacial score (nSPS) is 19.1. The molecule has 0 bridgehead atoms. The summed E-state index contributed by atoms with van der Waals surface area (Å²) in [7, 11) is 2.22. The minimum Gasteiger partial charge on any atom is -0.361 e. The number of aromatic nitrogens is 2. The molecule has 1 aliphatic rings. The van der Waals surface area contributed by atoms with Gasteiger partial charge in [-0.25, -0.2) is 4.98 Å². The molecule has 6 heteroatoms. The number of aryl methyl sites for hydroxylation is 3. The van der Waals surface area contributed by atoms with Crippen LogP contribution in [0.5, 0.6) is 0 Å². The van der Waals surface area contributed by atoms with E-state index in [0.29, 0.717) is 0 Å². The van der Waals surface area contributed by atoms with E-state index in [0.717, 1.165) is 43.6 Å². The Kier molecular flexibility index (Phi) is 5.14. The average Bonchev–Trinajstić information content (AvgIpc) is 3.18. The molecule has 0 unspecified atom stereocenters. The third kappa shape index (κ3) is 4.00. The first kappa shape index (κ1) is 16.6. The summed E-state index contributed by atoms with van der Waals surface area (Å²) in [6.07, 6.45) is 1.27. The molecule has 3 rings (SSSR count). The second kappa shape index (κ2) is 7.11. The van der Waals surface area contributed by atoms with E-state index in [2.05, 4.69) is 33.9 Å². The molecule has 0 saturated carbocycles. The van der Waals surface area contributed by atoms with Gasteiger partial charge in [0.25, 0.3) is 0 Å². The third-order valence-electron chi connectivity index (χ3n) is 4.76. The van der Waals surface area contributed by atoms with E-state index in [9.17, 15) is 0 Å². The SMILES string of the molecule is Cc1ncsc1CN(C)C[C@@H]1CCN(Cc2c(C)noc2C)C1. The highest BCUT2D eigenvalue weighted by molar-refractivity contribution is 7.09. The number of nitrogens with zero attached hydrogens (tertiary/aromatic N) is 4. The summed E-state index contributed by atoms with van der Waals surface area (Å²) < 4.78 is 5.28. The van der Waals surface area contributed by atoms with E-state index in [1.54, 1.807) is 11.3 Å². The van der Waals surface area contributed by atoms with E-state index in [1.807, 2.05) is 19.4 Å². The fourth-order valence-corrected chi connectivity index (χ4v) is 4.24. The first-order valence-corrected chi connectivity index (χ1v) is 9.12. The van der Waals surface area contributed by atoms with Crippen molar-refractivity contribution in [3.05, 3.63) is 33.1 Å². The van der Waals surface area contributed by atoms with Crippen molar-refractivity contribution in [2.45, 2.75) is 40.3 Å². The number of hydrogen-bond donors (Lipinski definition) is 0. The number of likely N-dealkylation sites (tertiary alicyclic amines) is 1. The van der Waals surface area contributed by atoms with Crippen LogP contribution >= 0.6 is 11.3 Å². The number of thiazole rings is 1. The summed E-state index contributed by atoms with van der Waals surface area (Å²) in [5.74, 6) is 1.71. The lowest BCUT2D eigenvalue weighted by molar-refractivity contribution is 0.255. The maximum Gasteiger partial charge on any atom is 0.138 e. The largest absolute Gasteiger partial charge is 0.361 e. The van der Waals surface area contributed by atoms with Gasteiger partial charge in [0, 0.05) is 36.6 Å². The van der Waals surface area contributed by atoms with Crippen LogP contribution < -0.4 is 0 Å². The topological polar surface area (TPSA) is 45.4 Å². The Morgan fingerprint density at radius 3 is 2.83 bits per heavy atom. The second-order valence-electron chi connectivity index (χ2n) is 6.75. The lowest BCUT2D eigenvalue weighted by Gasteiger charge is -2.21. The first-order valence-electron chi connectivity index (χ1n) is 8.24. The summed E-state index contributed by atoms with van der Waals surface area (Å²) in [5, 5.41) is 4.06. The van der Waals surface area contributed by atoms with Crippen molar-refractivity contribution < 1.29 is 4.52 Å². The maximum atomic E-state index is 5.28. The molecule has 0 aromatic carbocycles. The van der Waals surface area contributed by atoms with E-state index in [1.165, 1.54) is 29.1 Å². The van der Waals surface area contributed by atoms with Gasteiger partial charge in [-0.2, -0.15) is 0 Å². The van der Waals surface area contributed by atoms with Crippen LogP contribution in [-0.2, 0) is 13.1 Å². The summed E-state index contributed by atoms with van der Waals surface area (Å²) >= 11 is 1.76. The average molecular weight is 334 g/mol. The molecule has 126 valence electrons. The highest BCUT2D eigenvalue weighted by Gasteiger charge is 2.25. The molecule has 0 amide bonds. The maximum absolute atomic E-state index is 5.28. The predicted octanol–water partition coefficient (Wildman–Crippen LogP) is 3.01. The molecule has 3 heterocycles. The van der Waals surface area contributed by atoms with Crippen LogP contribution in [0, 0.1) is 26.7 Å². The minimum atomic E-state index is 0.744. The van der Waals surface area contributed by atoms with Crippen LogP contribution in [0.15, 0.2) is 10.0 Å². The van der Waals surface area contributed by atoms with Crippen molar-refractivity contribution >= 4 is 11.3 Å². The highest BCUT2D eigenvalue weighted by atomic mass is 32.1. The van der Waals surface area contributed by atoms with Gasteiger partial charge in [-0.05, 0) is 46.7 Å². The van der Waals surface area contributed by atoms with Gasteiger partial charge in [-0.15, -0.1) is 11.3 Å². The summed E-state index contributed by atoms with van der Waals surface area (Å²) in [5.41, 5.74) is 5.41. The van der Waals surface area contributed by atoms with Gasteiger partial charge in [-0.3, -0.25) is 4.90 Å². The van der Waals surface area contributed by atoms with Crippen LogP contribution in [-0.4, -0.2) is 46.6 Å². The molecule has 0 N–H and O–H groups in total. The molecule has 1 saturated heterocycles. The Labute approximate surface area is 142 Å². The summed E-state index contributed by atoms with van der Waals surface area (Å²) in [6, 6.07) is 0. The summed E-state index contributed by atoms with van der Waals surface area (Å²) in [4.78, 5) is 10.7. The second-order valence-corrected chi connectivity index (χ2v) is 7.69. The highest BCUT2D eigenvalue weighted by Crippen LogP contribution is 2.23. The smallest absolute Gasteiger partial charge is 0.138 e. The Bertz CT molecular complexity index is 631. The van der Waals surface area contributed by atoms with Crippen molar-refractivity contribution in [2.75, 3.05) is 26.7 Å². The molecule has 2 aromatic rings. The molecule has 5 nitrogen and oxygen atoms in total. The zero-order valence-electron chi connectivity index (χ0n) is 14.5. The van der Waals surface area contributed by atoms with Gasteiger partial charge in [-0.1, -0.05) is 5.16 Å². The molecular weight excluding hydrogens is 308 g/mol. The Hall–Kier alpha value is -1.24. The Balaban J connectivity index is 1.49. The van der Waals surface area contributed by atoms with Gasteiger partial charge in [0.05, 0.1) is 16.9 Å². The molecule has 0 spiro atoms. The monoisotopic (exact) mass is 334 g/mol. The zero-order chi connectivity index (χ0) is 16.4. The van der Waals surface area contributed by atoms with Crippen molar-refractivity contribution in [3.8, 4) is 0 Å². The summed E-state index contributed by atoms with van der Waals surface area (Å²) in [6.45, 7) is 11.6. The molecule has 1 fully saturated rings. The van der Waals surface area contributed by atoms with E-state index in [4.69, 9.17) is 4.52 Å². The van der Waals surface area contributed by atoms with Crippen LogP contribution in [0.2, 0.25) is 0 Å². The third-order valence-corrected chi connectivity index (χ3v) is 5.68. The predicted molar refractivity (Wildman–Crippen MR) is 92.5 cm³/mol. The molecule has 1 aliphatic heterocycles. The quantitative estimate of drug-likeness (QED) is 0.812. The fraction of sp³-hybridized carbons (Fsp3) is 0.647. The van der Waals surface area contributed by atoms with Crippen LogP contribution in [0.25, 0.3) is 0 Å². The lowest BCUT2D eigenvalue weighted by atomic mass is 10.1. The zero-order valence-corrected chi connectivity index (χ0v) is 15.3. The van der Waals surface area contributed by atoms with Crippen molar-refractivity contribution in [3.63, 3.8) is 0 Å². The molecule has 1 atom stereocenters. The fourth-order valence-electron chi connectivity index (χ4n) is 3.39. The van der Waals surface area contributed by atoms with E-state index >= 15 is 0 Å². The van der Waals surface area contributed by atoms with Crippen LogP contribution in [0.1, 0.15) is 34.0 Å². The van der Waals surface area contributed by atoms with Crippen molar-refractivity contribution in [1.82, 2.24) is 19.9 Å². The van der Waals surface area contributed by atoms with E-state index in [-0.39, 0.29) is 0 Å². The van der Waals surface area contributed by atoms with Crippen molar-refractivity contribution in [2.24, 2.45) is 5.92 Å². The van der Waals surface area contributed by atoms with Crippen LogP contribution in [0.4, 0.5) is 0 Å². The molecule has 2 aromatic heterocycles. The van der Waals surface area contributed by atoms with Gasteiger partial charge < -0.3 is 9.42 Å². The number of rotatable bonds is 6. The van der Waals surface area contributed by atoms with Crippen LogP contribution in [0.3, 0.4) is 0 Å². The number of hydrogen-bond acceptors (Lipinski definition) is 6. The minimum absolute atomic E-state index is 0.744. The standard InChI is InChI=1S/C17H26N4OS/c1-12-16(14(3)22-19-12)9-21-6-5-15(8-21)7-20(4)10-17-13(2)18-11-23-17/h11,15H,5-10H2,1-4H3/t15-/m0/s1. The van der Waals surface area contributed by atoms with Gasteiger partial charge in [0.1, 0.15) is 5.76 Å². The van der Waals surface area contributed by atoms with Gasteiger partial charge in [0.15, 0.2) is 0 Å². The molecule has 0 radical (unpaired) electrons. The molecule has 23 heavy (non-hydrogen) atoms. The van der Waals surface area contributed by atoms with Gasteiger partial charge in [0.2, 0.25) is 0 Å². The Morgan fingerprint density at radius 2 is 2.17 bits per heavy atom. The van der Waals surface area contributed by atoms with Crippen molar-refractivity contribution in [1.29, 1.82) is 0 Å². The molecule has 0 aliphatic carbocycles. The lowest BCUT2D eigenvalue weighted by Crippen LogP contribution is -2.28. The molecular formula is C17H26N4OS. The van der Waals surface area contributed by atoms with Gasteiger partial charge >= 0.3 is 0 Å².